The van der Waals surface area contributed by atoms with Crippen molar-refractivity contribution in [2.24, 2.45) is 0 Å². The van der Waals surface area contributed by atoms with Gasteiger partial charge in [0.1, 0.15) is 0 Å². The van der Waals surface area contributed by atoms with Crippen LogP contribution in [0.5, 0.6) is 0 Å². The first-order chi connectivity index (χ1) is 7.54. The monoisotopic (exact) mass is 314 g/mol. The van der Waals surface area contributed by atoms with E-state index in [0.29, 0.717) is 22.8 Å². The van der Waals surface area contributed by atoms with Crippen LogP contribution in [-0.2, 0) is 13.3 Å². The number of hydrogen-bond donors (Lipinski definition) is 0. The summed E-state index contributed by atoms with van der Waals surface area (Å²) < 4.78 is 18.0. The Morgan fingerprint density at radius 3 is 1.65 bits per heavy atom. The highest BCUT2D eigenvalue weighted by molar-refractivity contribution is 6.71. The summed E-state index contributed by atoms with van der Waals surface area (Å²) in [7, 11) is -2.82. The first-order valence-corrected chi connectivity index (χ1v) is 14.2. The van der Waals surface area contributed by atoms with Crippen molar-refractivity contribution in [2.75, 3.05) is 5.88 Å². The summed E-state index contributed by atoms with van der Waals surface area (Å²) in [5.41, 5.74) is 0. The molecule has 0 amide bonds. The van der Waals surface area contributed by atoms with Gasteiger partial charge in [-0.2, -0.15) is 0 Å². The highest BCUT2D eigenvalue weighted by atomic mass is 35.5. The maximum Gasteiger partial charge on any atom is 0.253 e. The van der Waals surface area contributed by atoms with Crippen LogP contribution in [0.25, 0.3) is 0 Å². The normalized spacial score (nSPS) is 14.3. The smallest absolute Gasteiger partial charge is 0.253 e. The highest BCUT2D eigenvalue weighted by Gasteiger charge is 2.40. The largest absolute Gasteiger partial charge is 0.382 e. The molecule has 17 heavy (non-hydrogen) atoms. The second-order valence-electron chi connectivity index (χ2n) is 6.11. The Kier molecular flexibility index (Phi) is 7.16. The zero-order valence-electron chi connectivity index (χ0n) is 12.2. The minimum atomic E-state index is -1.71. The van der Waals surface area contributed by atoms with Crippen LogP contribution < -0.4 is 0 Å². The van der Waals surface area contributed by atoms with Crippen molar-refractivity contribution in [3.63, 3.8) is 0 Å². The van der Waals surface area contributed by atoms with E-state index in [-0.39, 0.29) is 0 Å². The van der Waals surface area contributed by atoms with Gasteiger partial charge in [-0.25, -0.2) is 0 Å². The fourth-order valence-electron chi connectivity index (χ4n) is 1.52. The van der Waals surface area contributed by atoms with Gasteiger partial charge >= 0.3 is 0 Å². The Balaban J connectivity index is 4.87. The minimum Gasteiger partial charge on any atom is -0.382 e. The third-order valence-corrected chi connectivity index (χ3v) is 4.59. The molecule has 0 aromatic rings. The van der Waals surface area contributed by atoms with E-state index in [9.17, 15) is 0 Å². The maximum absolute atomic E-state index is 6.16. The summed E-state index contributed by atoms with van der Waals surface area (Å²) in [6.45, 7) is 12.9. The van der Waals surface area contributed by atoms with E-state index in [1.807, 2.05) is 0 Å². The number of halogens is 1. The summed E-state index contributed by atoms with van der Waals surface area (Å²) in [4.78, 5) is 0. The number of hydrogen-bond acceptors (Lipinski definition) is 3. The average molecular weight is 315 g/mol. The topological polar surface area (TPSA) is 27.7 Å². The van der Waals surface area contributed by atoms with Crippen LogP contribution in [0.4, 0.5) is 0 Å². The predicted octanol–water partition coefficient (Wildman–Crippen LogP) is 2.66. The lowest BCUT2D eigenvalue weighted by Crippen LogP contribution is -2.51. The molecule has 0 fully saturated rings. The second-order valence-corrected chi connectivity index (χ2v) is 15.8. The van der Waals surface area contributed by atoms with Gasteiger partial charge in [0, 0.05) is 12.3 Å². The van der Waals surface area contributed by atoms with E-state index in [0.717, 1.165) is 6.42 Å². The Bertz CT molecular complexity index is 210. The van der Waals surface area contributed by atoms with E-state index in [1.165, 1.54) is 0 Å². The third-order valence-electron chi connectivity index (χ3n) is 1.85. The van der Waals surface area contributed by atoms with Gasteiger partial charge in [0.15, 0.2) is 27.1 Å². The highest BCUT2D eigenvalue weighted by Crippen LogP contribution is 2.29. The molecule has 0 bridgehead atoms. The van der Waals surface area contributed by atoms with Gasteiger partial charge in [0.05, 0.1) is 0 Å². The summed E-state index contributed by atoms with van der Waals surface area (Å²) in [5, 5.41) is 0. The molecule has 0 aliphatic rings. The van der Waals surface area contributed by atoms with E-state index < -0.39 is 22.6 Å². The van der Waals surface area contributed by atoms with Crippen LogP contribution in [0, 0.1) is 0 Å². The maximum atomic E-state index is 6.16. The molecule has 0 rings (SSSR count). The SMILES string of the molecule is C[Si](C)(C)OC(CCCCl)(O[SiH3])O[Si](C)(C)C. The van der Waals surface area contributed by atoms with Crippen LogP contribution in [0.1, 0.15) is 12.8 Å². The zero-order chi connectivity index (χ0) is 13.7. The molecular formula is C10H27ClO3Si3. The Hall–Kier alpha value is 0.821. The zero-order valence-corrected chi connectivity index (χ0v) is 17.0. The second kappa shape index (κ2) is 6.83. The summed E-state index contributed by atoms with van der Waals surface area (Å²) in [6.07, 6.45) is 1.56. The van der Waals surface area contributed by atoms with Gasteiger partial charge < -0.3 is 13.3 Å². The van der Waals surface area contributed by atoms with Gasteiger partial charge in [-0.1, -0.05) is 0 Å². The molecule has 0 radical (unpaired) electrons. The fraction of sp³-hybridized carbons (Fsp3) is 1.00. The molecule has 0 aromatic carbocycles. The van der Waals surface area contributed by atoms with Crippen LogP contribution >= 0.6 is 11.6 Å². The molecule has 0 spiro atoms. The van der Waals surface area contributed by atoms with Crippen molar-refractivity contribution in [1.29, 1.82) is 0 Å². The van der Waals surface area contributed by atoms with Crippen LogP contribution in [0.15, 0.2) is 0 Å². The van der Waals surface area contributed by atoms with Gasteiger partial charge in [-0.15, -0.1) is 11.6 Å². The molecule has 0 aromatic heterocycles. The standard InChI is InChI=1S/C10H27ClO3Si3/c1-16(2,3)13-10(12-15,8-7-9-11)14-17(4,5)6/h7-9H2,1-6,15H3. The molecule has 7 heteroatoms. The Morgan fingerprint density at radius 1 is 1.00 bits per heavy atom. The molecule has 0 saturated carbocycles. The van der Waals surface area contributed by atoms with Gasteiger partial charge in [0.25, 0.3) is 5.97 Å². The number of rotatable bonds is 8. The third kappa shape index (κ3) is 8.52. The van der Waals surface area contributed by atoms with E-state index in [1.54, 1.807) is 0 Å². The quantitative estimate of drug-likeness (QED) is 0.392. The molecule has 0 heterocycles. The van der Waals surface area contributed by atoms with Gasteiger partial charge in [-0.05, 0) is 45.7 Å². The van der Waals surface area contributed by atoms with Crippen LogP contribution in [-0.4, -0.2) is 39.0 Å². The molecule has 0 aliphatic heterocycles. The lowest BCUT2D eigenvalue weighted by molar-refractivity contribution is -0.267. The van der Waals surface area contributed by atoms with Crippen LogP contribution in [0.2, 0.25) is 39.3 Å². The van der Waals surface area contributed by atoms with E-state index >= 15 is 0 Å². The molecule has 3 nitrogen and oxygen atoms in total. The predicted molar refractivity (Wildman–Crippen MR) is 82.6 cm³/mol. The summed E-state index contributed by atoms with van der Waals surface area (Å²) >= 11 is 5.77. The number of alkyl halides is 1. The molecule has 0 saturated heterocycles. The average Bonchev–Trinajstić information content (AvgIpc) is 2.09. The molecule has 0 N–H and O–H groups in total. The van der Waals surface area contributed by atoms with Crippen molar-refractivity contribution in [2.45, 2.75) is 58.1 Å². The van der Waals surface area contributed by atoms with Crippen molar-refractivity contribution in [1.82, 2.24) is 0 Å². The van der Waals surface area contributed by atoms with E-state index in [2.05, 4.69) is 39.3 Å². The van der Waals surface area contributed by atoms with Crippen molar-refractivity contribution in [3.8, 4) is 0 Å². The van der Waals surface area contributed by atoms with Gasteiger partial charge in [-0.3, -0.25) is 0 Å². The first-order valence-electron chi connectivity index (χ1n) is 6.05. The first kappa shape index (κ1) is 17.8. The summed E-state index contributed by atoms with van der Waals surface area (Å²) in [6, 6.07) is 0. The fourth-order valence-corrected chi connectivity index (χ4v) is 4.77. The lowest BCUT2D eigenvalue weighted by Gasteiger charge is -2.41. The molecule has 104 valence electrons. The lowest BCUT2D eigenvalue weighted by atomic mass is 10.3. The van der Waals surface area contributed by atoms with Crippen LogP contribution in [0.3, 0.4) is 0 Å². The molecular weight excluding hydrogens is 288 g/mol. The molecule has 0 aliphatic carbocycles. The Morgan fingerprint density at radius 2 is 1.41 bits per heavy atom. The molecule has 0 atom stereocenters. The Labute approximate surface area is 116 Å². The van der Waals surface area contributed by atoms with Crippen molar-refractivity contribution in [3.05, 3.63) is 0 Å². The van der Waals surface area contributed by atoms with Gasteiger partial charge in [0.2, 0.25) is 0 Å². The minimum absolute atomic E-state index is 0.601. The summed E-state index contributed by atoms with van der Waals surface area (Å²) in [5.74, 6) is -0.229. The van der Waals surface area contributed by atoms with Crippen molar-refractivity contribution >= 4 is 38.7 Å². The van der Waals surface area contributed by atoms with Crippen molar-refractivity contribution < 1.29 is 13.3 Å². The van der Waals surface area contributed by atoms with E-state index in [4.69, 9.17) is 24.9 Å². The molecule has 0 unspecified atom stereocenters.